The smallest absolute Gasteiger partial charge is 0.430 e. The Morgan fingerprint density at radius 1 is 1.07 bits per heavy atom. The minimum atomic E-state index is -4.76. The molecule has 0 bridgehead atoms. The lowest BCUT2D eigenvalue weighted by atomic mass is 10.1. The monoisotopic (exact) mass is 474 g/mol. The second-order valence-electron chi connectivity index (χ2n) is 6.02. The first kappa shape index (κ1) is 22.1. The first-order chi connectivity index (χ1) is 14.0. The molecule has 0 spiro atoms. The Morgan fingerprint density at radius 3 is 2.50 bits per heavy atom. The fraction of sp³-hybridized carbons (Fsp3) is 0.0500. The summed E-state index contributed by atoms with van der Waals surface area (Å²) >= 11 is 13.0. The Kier molecular flexibility index (Phi) is 6.40. The molecule has 0 radical (unpaired) electrons. The second kappa shape index (κ2) is 8.67. The molecule has 0 saturated heterocycles. The van der Waals surface area contributed by atoms with Gasteiger partial charge >= 0.3 is 6.18 Å². The first-order valence-corrected chi connectivity index (χ1v) is 9.79. The highest BCUT2D eigenvalue weighted by atomic mass is 35.5. The Balaban J connectivity index is 2.14. The van der Waals surface area contributed by atoms with Crippen molar-refractivity contribution in [2.24, 2.45) is 10.7 Å². The van der Waals surface area contributed by atoms with Gasteiger partial charge in [-0.3, -0.25) is 0 Å². The number of phenolic OH excluding ortho intramolecular Hbond substituents is 1. The molecule has 1 heterocycles. The third-order valence-electron chi connectivity index (χ3n) is 3.85. The molecule has 1 aromatic heterocycles. The largest absolute Gasteiger partial charge is 0.507 e. The summed E-state index contributed by atoms with van der Waals surface area (Å²) in [5.41, 5.74) is 4.04. The van der Waals surface area contributed by atoms with Crippen LogP contribution in [0.2, 0.25) is 10.0 Å². The van der Waals surface area contributed by atoms with Crippen molar-refractivity contribution in [1.82, 2.24) is 0 Å². The van der Waals surface area contributed by atoms with Crippen molar-refractivity contribution in [2.75, 3.05) is 0 Å². The van der Waals surface area contributed by atoms with E-state index in [-0.39, 0.29) is 32.6 Å². The summed E-state index contributed by atoms with van der Waals surface area (Å²) in [4.78, 5) is 4.92. The van der Waals surface area contributed by atoms with Crippen molar-refractivity contribution in [3.05, 3.63) is 81.0 Å². The summed E-state index contributed by atoms with van der Waals surface area (Å²) in [5.74, 6) is -0.745. The van der Waals surface area contributed by atoms with Crippen molar-refractivity contribution < 1.29 is 22.7 Å². The van der Waals surface area contributed by atoms with Crippen LogP contribution in [0.4, 0.5) is 23.2 Å². The van der Waals surface area contributed by atoms with Gasteiger partial charge in [0.1, 0.15) is 17.3 Å². The first-order valence-electron chi connectivity index (χ1n) is 8.22. The van der Waals surface area contributed by atoms with Crippen LogP contribution < -0.4 is 5.73 Å². The van der Waals surface area contributed by atoms with E-state index < -0.39 is 17.7 Å². The van der Waals surface area contributed by atoms with Crippen LogP contribution >= 0.6 is 34.5 Å². The molecule has 3 rings (SSSR count). The minimum Gasteiger partial charge on any atom is -0.507 e. The van der Waals surface area contributed by atoms with Gasteiger partial charge in [0.25, 0.3) is 0 Å². The third-order valence-corrected chi connectivity index (χ3v) is 5.55. The molecule has 10 heteroatoms. The van der Waals surface area contributed by atoms with E-state index in [2.05, 4.69) is 4.99 Å². The van der Waals surface area contributed by atoms with Crippen LogP contribution in [0.3, 0.4) is 0 Å². The van der Waals surface area contributed by atoms with E-state index in [9.17, 15) is 22.7 Å². The second-order valence-corrected chi connectivity index (χ2v) is 7.94. The number of hydrogen-bond acceptors (Lipinski definition) is 4. The summed E-state index contributed by atoms with van der Waals surface area (Å²) in [6.45, 7) is 0. The maximum absolute atomic E-state index is 13.6. The van der Waals surface area contributed by atoms with Crippen LogP contribution in [0.15, 0.2) is 65.3 Å². The van der Waals surface area contributed by atoms with Crippen molar-refractivity contribution in [2.45, 2.75) is 6.18 Å². The van der Waals surface area contributed by atoms with Crippen molar-refractivity contribution >= 4 is 45.9 Å². The summed E-state index contributed by atoms with van der Waals surface area (Å²) in [6.07, 6.45) is -4.09. The number of phenols is 1. The van der Waals surface area contributed by atoms with Crippen LogP contribution in [0, 0.1) is 5.82 Å². The molecular formula is C20H12Cl2F4N2OS. The van der Waals surface area contributed by atoms with Crippen molar-refractivity contribution in [3.8, 4) is 16.2 Å². The van der Waals surface area contributed by atoms with Crippen LogP contribution in [0.1, 0.15) is 4.88 Å². The van der Waals surface area contributed by atoms with E-state index in [1.165, 1.54) is 36.4 Å². The predicted molar refractivity (Wildman–Crippen MR) is 112 cm³/mol. The molecule has 3 nitrogen and oxygen atoms in total. The number of alkyl halides is 3. The number of nitrogens with two attached hydrogens (primary N) is 1. The van der Waals surface area contributed by atoms with Crippen LogP contribution in [-0.2, 0) is 0 Å². The van der Waals surface area contributed by atoms with Gasteiger partial charge in [-0.1, -0.05) is 23.2 Å². The number of allylic oxidation sites excluding steroid dienone is 2. The average Bonchev–Trinajstić information content (AvgIpc) is 3.15. The molecule has 0 unspecified atom stereocenters. The number of rotatable bonds is 4. The highest BCUT2D eigenvalue weighted by molar-refractivity contribution is 7.17. The molecule has 0 aliphatic carbocycles. The van der Waals surface area contributed by atoms with Crippen molar-refractivity contribution in [1.29, 1.82) is 0 Å². The van der Waals surface area contributed by atoms with Gasteiger partial charge in [0.2, 0.25) is 0 Å². The number of aliphatic imine (C=N–C) groups is 1. The van der Waals surface area contributed by atoms with Gasteiger partial charge in [0.15, 0.2) is 0 Å². The Labute approximate surface area is 182 Å². The molecule has 0 aliphatic heterocycles. The molecule has 2 aromatic carbocycles. The van der Waals surface area contributed by atoms with E-state index in [0.29, 0.717) is 16.0 Å². The molecule has 0 fully saturated rings. The maximum Gasteiger partial charge on any atom is 0.430 e. The average molecular weight is 475 g/mol. The van der Waals surface area contributed by atoms with Crippen LogP contribution in [0.25, 0.3) is 10.4 Å². The molecular weight excluding hydrogens is 463 g/mol. The van der Waals surface area contributed by atoms with E-state index in [1.807, 2.05) is 0 Å². The molecule has 156 valence electrons. The fourth-order valence-corrected chi connectivity index (χ4v) is 3.73. The van der Waals surface area contributed by atoms with Crippen LogP contribution in [-0.4, -0.2) is 17.0 Å². The molecule has 0 aliphatic rings. The topological polar surface area (TPSA) is 58.6 Å². The highest BCUT2D eigenvalue weighted by Crippen LogP contribution is 2.37. The molecule has 3 N–H and O–H groups in total. The number of nitrogens with zero attached hydrogens (tertiary/aromatic N) is 1. The van der Waals surface area contributed by atoms with E-state index in [4.69, 9.17) is 28.9 Å². The zero-order valence-electron chi connectivity index (χ0n) is 14.8. The lowest BCUT2D eigenvalue weighted by molar-refractivity contribution is -0.0925. The number of benzene rings is 2. The third kappa shape index (κ3) is 5.13. The zero-order valence-corrected chi connectivity index (χ0v) is 17.2. The molecule has 0 saturated carbocycles. The number of halogens is 6. The number of aromatic hydroxyl groups is 1. The Bertz CT molecular complexity index is 1160. The van der Waals surface area contributed by atoms with Crippen molar-refractivity contribution in [3.63, 3.8) is 0 Å². The van der Waals surface area contributed by atoms with Gasteiger partial charge < -0.3 is 10.8 Å². The van der Waals surface area contributed by atoms with Gasteiger partial charge in [0, 0.05) is 15.5 Å². The lowest BCUT2D eigenvalue weighted by Gasteiger charge is -2.08. The lowest BCUT2D eigenvalue weighted by Crippen LogP contribution is -2.20. The SMILES string of the molecule is NC(=CC(=Nc1cc(Cl)ccc1Cl)c1ccc(-c2cc(F)ccc2O)s1)C(F)(F)F. The molecule has 3 aromatic rings. The highest BCUT2D eigenvalue weighted by Gasteiger charge is 2.32. The zero-order chi connectivity index (χ0) is 22.1. The Morgan fingerprint density at radius 2 is 1.80 bits per heavy atom. The summed E-state index contributed by atoms with van der Waals surface area (Å²) in [5, 5.41) is 10.5. The van der Waals surface area contributed by atoms with Crippen LogP contribution in [0.5, 0.6) is 5.75 Å². The molecule has 30 heavy (non-hydrogen) atoms. The van der Waals surface area contributed by atoms with Gasteiger partial charge in [0.05, 0.1) is 21.3 Å². The van der Waals surface area contributed by atoms with E-state index >= 15 is 0 Å². The van der Waals surface area contributed by atoms with E-state index in [0.717, 1.165) is 23.5 Å². The summed E-state index contributed by atoms with van der Waals surface area (Å²) < 4.78 is 52.6. The Hall–Kier alpha value is -2.55. The standard InChI is InChI=1S/C20H12Cl2F4N2OS/c21-10-1-3-13(22)14(7-10)28-15(9-19(27)20(24,25)26)18-6-5-17(30-18)12-8-11(23)2-4-16(12)29/h1-9,29H,27H2. The van der Waals surface area contributed by atoms with Gasteiger partial charge in [-0.15, -0.1) is 11.3 Å². The summed E-state index contributed by atoms with van der Waals surface area (Å²) in [6, 6.07) is 10.8. The van der Waals surface area contributed by atoms with Gasteiger partial charge in [-0.05, 0) is 54.6 Å². The summed E-state index contributed by atoms with van der Waals surface area (Å²) in [7, 11) is 0. The number of hydrogen-bond donors (Lipinski definition) is 2. The van der Waals surface area contributed by atoms with Gasteiger partial charge in [-0.2, -0.15) is 13.2 Å². The molecule has 0 amide bonds. The fourth-order valence-electron chi connectivity index (χ4n) is 2.41. The normalized spacial score (nSPS) is 13.0. The van der Waals surface area contributed by atoms with E-state index in [1.54, 1.807) is 0 Å². The maximum atomic E-state index is 13.6. The quantitative estimate of drug-likeness (QED) is 0.313. The predicted octanol–water partition coefficient (Wildman–Crippen LogP) is 7.09. The molecule has 0 atom stereocenters. The minimum absolute atomic E-state index is 0.124. The number of thiophene rings is 1. The van der Waals surface area contributed by atoms with Gasteiger partial charge in [-0.25, -0.2) is 9.38 Å².